The first-order valence-corrected chi connectivity index (χ1v) is 12.3. The summed E-state index contributed by atoms with van der Waals surface area (Å²) in [4.78, 5) is 28.8. The van der Waals surface area contributed by atoms with E-state index in [0.29, 0.717) is 18.8 Å². The van der Waals surface area contributed by atoms with Crippen LogP contribution in [0, 0.1) is 5.82 Å². The number of pyridine rings is 1. The number of hydrogen-bond acceptors (Lipinski definition) is 8. The van der Waals surface area contributed by atoms with E-state index in [9.17, 15) is 18.0 Å². The predicted octanol–water partition coefficient (Wildman–Crippen LogP) is 5.12. The molecule has 2 saturated heterocycles. The lowest BCUT2D eigenvalue weighted by molar-refractivity contribution is -0.0517. The molecular formula is C21H25ClF3N5O3S. The van der Waals surface area contributed by atoms with Gasteiger partial charge in [0.2, 0.25) is 5.88 Å². The largest absolute Gasteiger partial charge is 0.444 e. The van der Waals surface area contributed by atoms with Gasteiger partial charge in [0.15, 0.2) is 16.1 Å². The van der Waals surface area contributed by atoms with E-state index in [1.165, 1.54) is 11.8 Å². The number of carbonyl (C=O) groups excluding carboxylic acids is 1. The Labute approximate surface area is 204 Å². The van der Waals surface area contributed by atoms with Crippen LogP contribution in [0.2, 0.25) is 5.15 Å². The third-order valence-electron chi connectivity index (χ3n) is 5.53. The lowest BCUT2D eigenvalue weighted by Crippen LogP contribution is -2.57. The fourth-order valence-electron chi connectivity index (χ4n) is 4.36. The Balaban J connectivity index is 1.77. The molecule has 186 valence electrons. The predicted molar refractivity (Wildman–Crippen MR) is 122 cm³/mol. The Bertz CT molecular complexity index is 1090. The lowest BCUT2D eigenvalue weighted by atomic mass is 10.1. The Hall–Kier alpha value is -2.21. The number of rotatable bonds is 5. The van der Waals surface area contributed by atoms with Crippen molar-refractivity contribution in [3.63, 3.8) is 0 Å². The monoisotopic (exact) mass is 519 g/mol. The molecule has 0 aromatic carbocycles. The van der Waals surface area contributed by atoms with Crippen molar-refractivity contribution in [3.05, 3.63) is 11.0 Å². The molecule has 13 heteroatoms. The summed E-state index contributed by atoms with van der Waals surface area (Å²) in [7, 11) is 0. The molecule has 4 rings (SSSR count). The van der Waals surface area contributed by atoms with Crippen LogP contribution >= 0.6 is 23.4 Å². The van der Waals surface area contributed by atoms with E-state index in [0.717, 1.165) is 12.8 Å². The second-order valence-electron chi connectivity index (χ2n) is 9.06. The van der Waals surface area contributed by atoms with Gasteiger partial charge in [0.25, 0.3) is 0 Å². The maximum Gasteiger partial charge on any atom is 0.410 e. The summed E-state index contributed by atoms with van der Waals surface area (Å²) in [5, 5.41) is -0.418. The second-order valence-corrected chi connectivity index (χ2v) is 10.7. The number of fused-ring (bicyclic) bond motifs is 3. The van der Waals surface area contributed by atoms with Crippen molar-refractivity contribution in [2.75, 3.05) is 23.7 Å². The summed E-state index contributed by atoms with van der Waals surface area (Å²) in [6.45, 7) is 4.82. The Morgan fingerprint density at radius 1 is 1.21 bits per heavy atom. The quantitative estimate of drug-likeness (QED) is 0.306. The summed E-state index contributed by atoms with van der Waals surface area (Å²) in [5.41, 5.74) is -0.870. The molecule has 4 heterocycles. The molecular weight excluding hydrogens is 495 g/mol. The van der Waals surface area contributed by atoms with Gasteiger partial charge in [0, 0.05) is 13.1 Å². The average Bonchev–Trinajstić information content (AvgIpc) is 3.00. The Morgan fingerprint density at radius 2 is 1.85 bits per heavy atom. The van der Waals surface area contributed by atoms with Crippen LogP contribution in [-0.2, 0) is 4.74 Å². The van der Waals surface area contributed by atoms with Crippen molar-refractivity contribution in [1.29, 1.82) is 0 Å². The van der Waals surface area contributed by atoms with Gasteiger partial charge in [-0.15, -0.1) is 0 Å². The molecule has 0 saturated carbocycles. The third kappa shape index (κ3) is 4.93. The zero-order valence-electron chi connectivity index (χ0n) is 19.1. The standard InChI is InChI=1S/C21H25ClF3N5O3S/c1-5-34-19-26-14-12(17(32-18(24)25)27-15(22)13(14)23)16(28-19)29-8-10-6-7-11(9-29)30(10)20(31)33-21(2,3)4/h10-11,18H,5-9H2,1-4H3. The summed E-state index contributed by atoms with van der Waals surface area (Å²) in [5.74, 6) is -0.638. The number of aromatic nitrogens is 3. The van der Waals surface area contributed by atoms with Crippen LogP contribution in [0.3, 0.4) is 0 Å². The highest BCUT2D eigenvalue weighted by atomic mass is 35.5. The normalized spacial score (nSPS) is 20.4. The summed E-state index contributed by atoms with van der Waals surface area (Å²) < 4.78 is 51.4. The van der Waals surface area contributed by atoms with Gasteiger partial charge in [-0.3, -0.25) is 4.90 Å². The topological polar surface area (TPSA) is 80.7 Å². The minimum atomic E-state index is -3.20. The number of anilines is 1. The lowest BCUT2D eigenvalue weighted by Gasteiger charge is -2.42. The zero-order valence-corrected chi connectivity index (χ0v) is 20.7. The molecule has 2 aliphatic rings. The first-order chi connectivity index (χ1) is 16.0. The van der Waals surface area contributed by atoms with Gasteiger partial charge in [-0.1, -0.05) is 30.3 Å². The van der Waals surface area contributed by atoms with Crippen LogP contribution in [0.4, 0.5) is 23.8 Å². The maximum absolute atomic E-state index is 14.9. The molecule has 0 N–H and O–H groups in total. The van der Waals surface area contributed by atoms with Crippen molar-refractivity contribution in [2.24, 2.45) is 0 Å². The smallest absolute Gasteiger partial charge is 0.410 e. The summed E-state index contributed by atoms with van der Waals surface area (Å²) in [6.07, 6.45) is 1.10. The fraction of sp³-hybridized carbons (Fsp3) is 0.619. The molecule has 0 spiro atoms. The molecule has 34 heavy (non-hydrogen) atoms. The molecule has 2 aromatic rings. The SMILES string of the molecule is CCSc1nc(N2CC3CCC(C2)N3C(=O)OC(C)(C)C)c2c(OC(F)F)nc(Cl)c(F)c2n1. The molecule has 2 bridgehead atoms. The van der Waals surface area contributed by atoms with Crippen molar-refractivity contribution >= 4 is 46.2 Å². The van der Waals surface area contributed by atoms with Gasteiger partial charge >= 0.3 is 12.7 Å². The Morgan fingerprint density at radius 3 is 2.41 bits per heavy atom. The first-order valence-electron chi connectivity index (χ1n) is 10.9. The van der Waals surface area contributed by atoms with E-state index in [1.54, 1.807) is 25.7 Å². The molecule has 2 fully saturated rings. The minimum absolute atomic E-state index is 0.0761. The number of alkyl halides is 2. The maximum atomic E-state index is 14.9. The number of hydrogen-bond donors (Lipinski definition) is 0. The van der Waals surface area contributed by atoms with E-state index in [4.69, 9.17) is 16.3 Å². The third-order valence-corrected chi connectivity index (χ3v) is 6.51. The van der Waals surface area contributed by atoms with Gasteiger partial charge in [-0.25, -0.2) is 19.2 Å². The molecule has 2 aliphatic heterocycles. The zero-order chi connectivity index (χ0) is 24.8. The highest BCUT2D eigenvalue weighted by Gasteiger charge is 2.45. The van der Waals surface area contributed by atoms with E-state index >= 15 is 0 Å². The van der Waals surface area contributed by atoms with E-state index in [1.807, 2.05) is 11.8 Å². The van der Waals surface area contributed by atoms with Crippen molar-refractivity contribution in [2.45, 2.75) is 70.0 Å². The van der Waals surface area contributed by atoms with Crippen LogP contribution in [0.25, 0.3) is 10.9 Å². The summed E-state index contributed by atoms with van der Waals surface area (Å²) in [6, 6.07) is -0.351. The minimum Gasteiger partial charge on any atom is -0.444 e. The fourth-order valence-corrected chi connectivity index (χ4v) is 5.09. The van der Waals surface area contributed by atoms with Crippen LogP contribution in [0.1, 0.15) is 40.5 Å². The van der Waals surface area contributed by atoms with Crippen LogP contribution in [0.15, 0.2) is 5.16 Å². The number of ether oxygens (including phenoxy) is 2. The van der Waals surface area contributed by atoms with Crippen LogP contribution < -0.4 is 9.64 Å². The average molecular weight is 520 g/mol. The highest BCUT2D eigenvalue weighted by molar-refractivity contribution is 7.99. The van der Waals surface area contributed by atoms with Gasteiger partial charge in [0.05, 0.1) is 12.1 Å². The highest BCUT2D eigenvalue weighted by Crippen LogP contribution is 2.40. The molecule has 2 unspecified atom stereocenters. The van der Waals surface area contributed by atoms with Crippen molar-refractivity contribution in [3.8, 4) is 5.88 Å². The van der Waals surface area contributed by atoms with E-state index in [-0.39, 0.29) is 34.0 Å². The molecule has 2 atom stereocenters. The van der Waals surface area contributed by atoms with Crippen LogP contribution in [-0.4, -0.2) is 69.1 Å². The number of thioether (sulfide) groups is 1. The number of halogens is 4. The molecule has 0 aliphatic carbocycles. The van der Waals surface area contributed by atoms with E-state index < -0.39 is 35.2 Å². The van der Waals surface area contributed by atoms with Gasteiger partial charge < -0.3 is 14.4 Å². The number of carbonyl (C=O) groups is 1. The van der Waals surface area contributed by atoms with Crippen molar-refractivity contribution < 1.29 is 27.4 Å². The van der Waals surface area contributed by atoms with Crippen LogP contribution in [0.5, 0.6) is 5.88 Å². The molecule has 0 radical (unpaired) electrons. The first kappa shape index (κ1) is 24.9. The number of nitrogens with zero attached hydrogens (tertiary/aromatic N) is 5. The summed E-state index contributed by atoms with van der Waals surface area (Å²) >= 11 is 7.14. The van der Waals surface area contributed by atoms with E-state index in [2.05, 4.69) is 19.7 Å². The molecule has 8 nitrogen and oxygen atoms in total. The number of piperazine rings is 1. The van der Waals surface area contributed by atoms with Crippen molar-refractivity contribution in [1.82, 2.24) is 19.9 Å². The second kappa shape index (κ2) is 9.44. The van der Waals surface area contributed by atoms with Gasteiger partial charge in [-0.05, 0) is 39.4 Å². The Kier molecular flexibility index (Phi) is 6.92. The number of amides is 1. The van der Waals surface area contributed by atoms with Gasteiger partial charge in [-0.2, -0.15) is 13.8 Å². The van der Waals surface area contributed by atoms with Gasteiger partial charge in [0.1, 0.15) is 22.3 Å². The molecule has 1 amide bonds. The molecule has 2 aromatic heterocycles.